The quantitative estimate of drug-likeness (QED) is 0.730. The van der Waals surface area contributed by atoms with Gasteiger partial charge in [0.05, 0.1) is 5.69 Å². The summed E-state index contributed by atoms with van der Waals surface area (Å²) in [5.74, 6) is 1.82. The lowest BCUT2D eigenvalue weighted by Crippen LogP contribution is -2.39. The van der Waals surface area contributed by atoms with E-state index in [1.54, 1.807) is 0 Å². The minimum atomic E-state index is 0.0278. The van der Waals surface area contributed by atoms with Crippen LogP contribution in [0.5, 0.6) is 0 Å². The summed E-state index contributed by atoms with van der Waals surface area (Å²) in [6, 6.07) is 15.0. The largest absolute Gasteiger partial charge is 0.377 e. The molecule has 2 heterocycles. The Kier molecular flexibility index (Phi) is 6.95. The van der Waals surface area contributed by atoms with Gasteiger partial charge in [0.1, 0.15) is 0 Å². The fraction of sp³-hybridized carbons (Fsp3) is 0.542. The number of piperidine rings is 1. The number of nitrogens with one attached hydrogen (secondary N) is 1. The van der Waals surface area contributed by atoms with Crippen LogP contribution in [0.2, 0.25) is 0 Å². The Balaban J connectivity index is 1.58. The molecule has 3 rings (SSSR count). The molecule has 1 N–H and O–H groups in total. The van der Waals surface area contributed by atoms with Crippen molar-refractivity contribution in [2.75, 3.05) is 36.4 Å². The molecule has 28 heavy (non-hydrogen) atoms. The lowest BCUT2D eigenvalue weighted by atomic mass is 9.95. The van der Waals surface area contributed by atoms with Crippen molar-refractivity contribution in [2.24, 2.45) is 5.92 Å². The molecule has 1 aliphatic heterocycles. The third-order valence-electron chi connectivity index (χ3n) is 5.41. The van der Waals surface area contributed by atoms with Crippen LogP contribution in [0.3, 0.4) is 0 Å². The molecule has 4 nitrogen and oxygen atoms in total. The van der Waals surface area contributed by atoms with Gasteiger partial charge >= 0.3 is 0 Å². The van der Waals surface area contributed by atoms with Gasteiger partial charge in [0, 0.05) is 31.4 Å². The summed E-state index contributed by atoms with van der Waals surface area (Å²) in [6.07, 6.45) is 4.44. The van der Waals surface area contributed by atoms with E-state index in [2.05, 4.69) is 79.2 Å². The number of anilines is 2. The van der Waals surface area contributed by atoms with E-state index in [-0.39, 0.29) is 5.54 Å². The maximum atomic E-state index is 4.72. The van der Waals surface area contributed by atoms with Crippen LogP contribution in [0.1, 0.15) is 46.1 Å². The summed E-state index contributed by atoms with van der Waals surface area (Å²) in [7, 11) is 0. The minimum absolute atomic E-state index is 0.0278. The second kappa shape index (κ2) is 9.42. The molecule has 1 aliphatic rings. The van der Waals surface area contributed by atoms with Crippen LogP contribution in [0, 0.1) is 5.92 Å². The van der Waals surface area contributed by atoms with Crippen molar-refractivity contribution in [1.29, 1.82) is 0 Å². The van der Waals surface area contributed by atoms with Crippen molar-refractivity contribution in [2.45, 2.75) is 52.6 Å². The predicted molar refractivity (Wildman–Crippen MR) is 120 cm³/mol. The summed E-state index contributed by atoms with van der Waals surface area (Å²) in [6.45, 7) is 14.4. The fourth-order valence-electron chi connectivity index (χ4n) is 4.00. The van der Waals surface area contributed by atoms with Gasteiger partial charge in [-0.2, -0.15) is 0 Å². The highest BCUT2D eigenvalue weighted by atomic mass is 15.2. The van der Waals surface area contributed by atoms with Crippen LogP contribution in [-0.2, 0) is 6.54 Å². The van der Waals surface area contributed by atoms with E-state index in [1.165, 1.54) is 31.5 Å². The summed E-state index contributed by atoms with van der Waals surface area (Å²) >= 11 is 0. The Morgan fingerprint density at radius 1 is 1.07 bits per heavy atom. The van der Waals surface area contributed by atoms with Crippen LogP contribution in [-0.4, -0.2) is 41.6 Å². The lowest BCUT2D eigenvalue weighted by Gasteiger charge is -2.36. The third-order valence-corrected chi connectivity index (χ3v) is 5.41. The maximum absolute atomic E-state index is 4.72. The van der Waals surface area contributed by atoms with Crippen LogP contribution >= 0.6 is 0 Å². The average molecular weight is 381 g/mol. The third kappa shape index (κ3) is 5.96. The molecule has 0 spiro atoms. The Morgan fingerprint density at radius 2 is 1.79 bits per heavy atom. The molecule has 0 amide bonds. The van der Waals surface area contributed by atoms with E-state index in [0.29, 0.717) is 0 Å². The van der Waals surface area contributed by atoms with Gasteiger partial charge in [-0.15, -0.1) is 0 Å². The van der Waals surface area contributed by atoms with Crippen molar-refractivity contribution in [3.05, 3.63) is 54.2 Å². The predicted octanol–water partition coefficient (Wildman–Crippen LogP) is 5.03. The van der Waals surface area contributed by atoms with E-state index < -0.39 is 0 Å². The van der Waals surface area contributed by atoms with Crippen molar-refractivity contribution in [3.8, 4) is 0 Å². The molecule has 0 atom stereocenters. The summed E-state index contributed by atoms with van der Waals surface area (Å²) in [5.41, 5.74) is 2.58. The molecule has 0 saturated carbocycles. The number of rotatable bonds is 7. The molecular weight excluding hydrogens is 344 g/mol. The number of aromatic nitrogens is 1. The standard InChI is InChI=1S/C24H36N4/c1-5-28(23-22(12-9-15-25-23)26-24(2,3)4)19-21-13-16-27(17-14-21)18-20-10-7-6-8-11-20/h6-12,15,21,26H,5,13-14,16-19H2,1-4H3. The zero-order valence-corrected chi connectivity index (χ0v) is 18.0. The molecule has 1 fully saturated rings. The molecule has 2 aromatic rings. The molecule has 0 aliphatic carbocycles. The number of likely N-dealkylation sites (tertiary alicyclic amines) is 1. The number of hydrogen-bond donors (Lipinski definition) is 1. The van der Waals surface area contributed by atoms with E-state index in [1.807, 2.05) is 12.3 Å². The number of hydrogen-bond acceptors (Lipinski definition) is 4. The van der Waals surface area contributed by atoms with E-state index in [9.17, 15) is 0 Å². The van der Waals surface area contributed by atoms with Gasteiger partial charge in [0.25, 0.3) is 0 Å². The van der Waals surface area contributed by atoms with Gasteiger partial charge in [-0.3, -0.25) is 4.90 Å². The first kappa shape index (κ1) is 20.7. The topological polar surface area (TPSA) is 31.4 Å². The Morgan fingerprint density at radius 3 is 2.43 bits per heavy atom. The van der Waals surface area contributed by atoms with Crippen LogP contribution in [0.4, 0.5) is 11.5 Å². The molecule has 1 saturated heterocycles. The van der Waals surface area contributed by atoms with Gasteiger partial charge in [0.15, 0.2) is 5.82 Å². The van der Waals surface area contributed by atoms with Crippen molar-refractivity contribution in [1.82, 2.24) is 9.88 Å². The Hall–Kier alpha value is -2.07. The molecule has 4 heteroatoms. The molecule has 0 unspecified atom stereocenters. The highest BCUT2D eigenvalue weighted by molar-refractivity contribution is 5.66. The van der Waals surface area contributed by atoms with Crippen molar-refractivity contribution >= 4 is 11.5 Å². The number of nitrogens with zero attached hydrogens (tertiary/aromatic N) is 3. The summed E-state index contributed by atoms with van der Waals surface area (Å²) < 4.78 is 0. The zero-order valence-electron chi connectivity index (χ0n) is 18.0. The SMILES string of the molecule is CCN(CC1CCN(Cc2ccccc2)CC1)c1ncccc1NC(C)(C)C. The summed E-state index contributed by atoms with van der Waals surface area (Å²) in [5, 5.41) is 3.62. The van der Waals surface area contributed by atoms with Gasteiger partial charge in [-0.1, -0.05) is 30.3 Å². The van der Waals surface area contributed by atoms with Gasteiger partial charge < -0.3 is 10.2 Å². The molecule has 0 radical (unpaired) electrons. The second-order valence-corrected chi connectivity index (χ2v) is 8.99. The first-order valence-electron chi connectivity index (χ1n) is 10.7. The zero-order chi connectivity index (χ0) is 20.0. The van der Waals surface area contributed by atoms with Crippen LogP contribution in [0.15, 0.2) is 48.7 Å². The molecule has 1 aromatic heterocycles. The summed E-state index contributed by atoms with van der Waals surface area (Å²) in [4.78, 5) is 9.77. The Labute approximate surface area is 171 Å². The second-order valence-electron chi connectivity index (χ2n) is 8.99. The monoisotopic (exact) mass is 380 g/mol. The average Bonchev–Trinajstić information content (AvgIpc) is 2.68. The molecular formula is C24H36N4. The molecule has 0 bridgehead atoms. The lowest BCUT2D eigenvalue weighted by molar-refractivity contribution is 0.179. The highest BCUT2D eigenvalue weighted by Crippen LogP contribution is 2.28. The molecule has 152 valence electrons. The van der Waals surface area contributed by atoms with Gasteiger partial charge in [-0.05, 0) is 77.2 Å². The normalized spacial score (nSPS) is 16.1. The van der Waals surface area contributed by atoms with Crippen LogP contribution in [0.25, 0.3) is 0 Å². The van der Waals surface area contributed by atoms with Gasteiger partial charge in [-0.25, -0.2) is 4.98 Å². The first-order valence-corrected chi connectivity index (χ1v) is 10.7. The Bertz CT molecular complexity index is 715. The fourth-order valence-corrected chi connectivity index (χ4v) is 4.00. The van der Waals surface area contributed by atoms with E-state index >= 15 is 0 Å². The van der Waals surface area contributed by atoms with Crippen molar-refractivity contribution < 1.29 is 0 Å². The van der Waals surface area contributed by atoms with Crippen molar-refractivity contribution in [3.63, 3.8) is 0 Å². The highest BCUT2D eigenvalue weighted by Gasteiger charge is 2.23. The van der Waals surface area contributed by atoms with E-state index in [4.69, 9.17) is 4.98 Å². The number of pyridine rings is 1. The van der Waals surface area contributed by atoms with Gasteiger partial charge in [0.2, 0.25) is 0 Å². The smallest absolute Gasteiger partial charge is 0.151 e. The number of benzene rings is 1. The first-order chi connectivity index (χ1) is 13.4. The van der Waals surface area contributed by atoms with E-state index in [0.717, 1.165) is 37.1 Å². The maximum Gasteiger partial charge on any atom is 0.151 e. The minimum Gasteiger partial charge on any atom is -0.377 e. The molecule has 1 aromatic carbocycles. The van der Waals surface area contributed by atoms with Crippen LogP contribution < -0.4 is 10.2 Å².